The summed E-state index contributed by atoms with van der Waals surface area (Å²) in [6.07, 6.45) is 6.82. The zero-order valence-corrected chi connectivity index (χ0v) is 11.9. The van der Waals surface area contributed by atoms with E-state index in [4.69, 9.17) is 0 Å². The number of anilines is 1. The summed E-state index contributed by atoms with van der Waals surface area (Å²) in [5.41, 5.74) is 0.0285. The van der Waals surface area contributed by atoms with Crippen LogP contribution in [0.3, 0.4) is 0 Å². The molecule has 0 aromatic carbocycles. The van der Waals surface area contributed by atoms with Gasteiger partial charge in [0.1, 0.15) is 0 Å². The Balaban J connectivity index is 2.07. The van der Waals surface area contributed by atoms with Crippen LogP contribution >= 0.6 is 0 Å². The third kappa shape index (κ3) is 3.56. The minimum Gasteiger partial charge on any atom is -0.355 e. The second kappa shape index (κ2) is 6.70. The number of piperidine rings is 1. The smallest absolute Gasteiger partial charge is 0.293 e. The molecule has 1 saturated heterocycles. The van der Waals surface area contributed by atoms with Crippen molar-refractivity contribution >= 4 is 5.82 Å². The van der Waals surface area contributed by atoms with E-state index in [1.165, 1.54) is 12.8 Å². The summed E-state index contributed by atoms with van der Waals surface area (Å²) in [4.78, 5) is 18.6. The molecule has 5 heteroatoms. The van der Waals surface area contributed by atoms with Gasteiger partial charge in [0.2, 0.25) is 0 Å². The van der Waals surface area contributed by atoms with E-state index in [1.54, 1.807) is 17.0 Å². The Morgan fingerprint density at radius 2 is 2.21 bits per heavy atom. The number of aryl methyl sites for hydroxylation is 1. The van der Waals surface area contributed by atoms with Crippen LogP contribution in [0.15, 0.2) is 17.2 Å². The quantitative estimate of drug-likeness (QED) is 0.865. The van der Waals surface area contributed by atoms with Crippen molar-refractivity contribution in [2.45, 2.75) is 32.7 Å². The molecule has 0 unspecified atom stereocenters. The minimum atomic E-state index is 0.0285. The van der Waals surface area contributed by atoms with Crippen LogP contribution in [0.5, 0.6) is 0 Å². The van der Waals surface area contributed by atoms with Crippen LogP contribution in [-0.2, 0) is 6.54 Å². The van der Waals surface area contributed by atoms with Gasteiger partial charge in [-0.1, -0.05) is 6.92 Å². The summed E-state index contributed by atoms with van der Waals surface area (Å²) < 4.78 is 1.75. The van der Waals surface area contributed by atoms with Crippen LogP contribution in [0.4, 0.5) is 5.82 Å². The monoisotopic (exact) mass is 264 g/mol. The lowest BCUT2D eigenvalue weighted by molar-refractivity contribution is 0.377. The molecular formula is C14H24N4O. The first-order valence-electron chi connectivity index (χ1n) is 7.19. The van der Waals surface area contributed by atoms with E-state index < -0.39 is 0 Å². The fraction of sp³-hybridized carbons (Fsp3) is 0.714. The summed E-state index contributed by atoms with van der Waals surface area (Å²) in [6, 6.07) is 0. The highest BCUT2D eigenvalue weighted by atomic mass is 16.1. The molecular weight excluding hydrogens is 240 g/mol. The first-order chi connectivity index (χ1) is 9.22. The summed E-state index contributed by atoms with van der Waals surface area (Å²) in [5, 5.41) is 3.36. The second-order valence-electron chi connectivity index (χ2n) is 5.32. The molecule has 0 bridgehead atoms. The van der Waals surface area contributed by atoms with Gasteiger partial charge in [-0.25, -0.2) is 4.98 Å². The van der Waals surface area contributed by atoms with Gasteiger partial charge in [-0.05, 0) is 38.3 Å². The summed E-state index contributed by atoms with van der Waals surface area (Å²) >= 11 is 0. The van der Waals surface area contributed by atoms with Gasteiger partial charge >= 0.3 is 0 Å². The van der Waals surface area contributed by atoms with E-state index in [1.807, 2.05) is 11.9 Å². The Kier molecular flexibility index (Phi) is 4.96. The van der Waals surface area contributed by atoms with Crippen molar-refractivity contribution in [2.75, 3.05) is 31.6 Å². The molecule has 2 heterocycles. The standard InChI is InChI=1S/C14H24N4O/c1-3-9-18-10-8-16-13(14(18)19)17(2)11-12-4-6-15-7-5-12/h8,10,12,15H,3-7,9,11H2,1-2H3. The molecule has 0 spiro atoms. The number of rotatable bonds is 5. The van der Waals surface area contributed by atoms with Gasteiger partial charge in [-0.2, -0.15) is 0 Å². The average molecular weight is 264 g/mol. The highest BCUT2D eigenvalue weighted by Gasteiger charge is 2.17. The van der Waals surface area contributed by atoms with E-state index in [9.17, 15) is 4.79 Å². The molecule has 0 radical (unpaired) electrons. The number of aromatic nitrogens is 2. The molecule has 106 valence electrons. The zero-order valence-electron chi connectivity index (χ0n) is 11.9. The molecule has 1 aromatic heterocycles. The highest BCUT2D eigenvalue weighted by molar-refractivity contribution is 5.34. The number of hydrogen-bond donors (Lipinski definition) is 1. The Labute approximate surface area is 114 Å². The van der Waals surface area contributed by atoms with Crippen molar-refractivity contribution in [1.82, 2.24) is 14.9 Å². The molecule has 0 saturated carbocycles. The van der Waals surface area contributed by atoms with E-state index in [0.29, 0.717) is 11.7 Å². The second-order valence-corrected chi connectivity index (χ2v) is 5.32. The van der Waals surface area contributed by atoms with Crippen molar-refractivity contribution in [3.05, 3.63) is 22.7 Å². The molecule has 19 heavy (non-hydrogen) atoms. The SMILES string of the molecule is CCCn1ccnc(N(C)CC2CCNCC2)c1=O. The van der Waals surface area contributed by atoms with Crippen LogP contribution in [0.2, 0.25) is 0 Å². The molecule has 1 N–H and O–H groups in total. The fourth-order valence-electron chi connectivity index (χ4n) is 2.65. The minimum absolute atomic E-state index is 0.0285. The van der Waals surface area contributed by atoms with Crippen LogP contribution in [-0.4, -0.2) is 36.2 Å². The molecule has 1 aliphatic rings. The first-order valence-corrected chi connectivity index (χ1v) is 7.19. The van der Waals surface area contributed by atoms with E-state index in [0.717, 1.165) is 32.6 Å². The third-order valence-corrected chi connectivity index (χ3v) is 3.71. The van der Waals surface area contributed by atoms with Gasteiger partial charge in [-0.3, -0.25) is 4.79 Å². The molecule has 1 fully saturated rings. The Hall–Kier alpha value is -1.36. The molecule has 0 aliphatic carbocycles. The Morgan fingerprint density at radius 3 is 2.89 bits per heavy atom. The normalized spacial score (nSPS) is 16.5. The summed E-state index contributed by atoms with van der Waals surface area (Å²) in [6.45, 7) is 5.92. The van der Waals surface area contributed by atoms with E-state index >= 15 is 0 Å². The van der Waals surface area contributed by atoms with Crippen LogP contribution in [0.1, 0.15) is 26.2 Å². The highest BCUT2D eigenvalue weighted by Crippen LogP contribution is 2.14. The van der Waals surface area contributed by atoms with Gasteiger partial charge < -0.3 is 14.8 Å². The fourth-order valence-corrected chi connectivity index (χ4v) is 2.65. The van der Waals surface area contributed by atoms with Gasteiger partial charge in [0.15, 0.2) is 5.82 Å². The van der Waals surface area contributed by atoms with Gasteiger partial charge in [0, 0.05) is 32.5 Å². The average Bonchev–Trinajstić information content (AvgIpc) is 2.42. The Bertz CT molecular complexity index is 451. The van der Waals surface area contributed by atoms with Crippen LogP contribution < -0.4 is 15.8 Å². The lowest BCUT2D eigenvalue weighted by Gasteiger charge is -2.27. The van der Waals surface area contributed by atoms with E-state index in [-0.39, 0.29) is 5.56 Å². The number of nitrogens with zero attached hydrogens (tertiary/aromatic N) is 3. The molecule has 0 atom stereocenters. The lowest BCUT2D eigenvalue weighted by Crippen LogP contribution is -2.37. The Morgan fingerprint density at radius 1 is 1.47 bits per heavy atom. The zero-order chi connectivity index (χ0) is 13.7. The van der Waals surface area contributed by atoms with Crippen molar-refractivity contribution in [3.8, 4) is 0 Å². The first kappa shape index (κ1) is 14.1. The molecule has 0 amide bonds. The molecule has 2 rings (SSSR count). The van der Waals surface area contributed by atoms with Crippen molar-refractivity contribution < 1.29 is 0 Å². The van der Waals surface area contributed by atoms with Crippen molar-refractivity contribution in [3.63, 3.8) is 0 Å². The maximum atomic E-state index is 12.3. The summed E-state index contributed by atoms with van der Waals surface area (Å²) in [5.74, 6) is 1.24. The molecule has 5 nitrogen and oxygen atoms in total. The lowest BCUT2D eigenvalue weighted by atomic mass is 9.98. The summed E-state index contributed by atoms with van der Waals surface area (Å²) in [7, 11) is 1.97. The van der Waals surface area contributed by atoms with Gasteiger partial charge in [0.25, 0.3) is 5.56 Å². The predicted octanol–water partition coefficient (Wildman–Crippen LogP) is 1.09. The van der Waals surface area contributed by atoms with Crippen LogP contribution in [0.25, 0.3) is 0 Å². The topological polar surface area (TPSA) is 50.2 Å². The van der Waals surface area contributed by atoms with Gasteiger partial charge in [-0.15, -0.1) is 0 Å². The van der Waals surface area contributed by atoms with Crippen LogP contribution in [0, 0.1) is 5.92 Å². The molecule has 1 aliphatic heterocycles. The maximum absolute atomic E-state index is 12.3. The van der Waals surface area contributed by atoms with Crippen molar-refractivity contribution in [2.24, 2.45) is 5.92 Å². The van der Waals surface area contributed by atoms with Crippen molar-refractivity contribution in [1.29, 1.82) is 0 Å². The van der Waals surface area contributed by atoms with Gasteiger partial charge in [0.05, 0.1) is 0 Å². The maximum Gasteiger partial charge on any atom is 0.293 e. The molecule has 1 aromatic rings. The number of hydrogen-bond acceptors (Lipinski definition) is 4. The largest absolute Gasteiger partial charge is 0.355 e. The van der Waals surface area contributed by atoms with E-state index in [2.05, 4.69) is 17.2 Å². The number of nitrogens with one attached hydrogen (secondary N) is 1. The predicted molar refractivity (Wildman–Crippen MR) is 77.7 cm³/mol. The third-order valence-electron chi connectivity index (χ3n) is 3.71.